The Hall–Kier alpha value is -0.920. The first-order valence-electron chi connectivity index (χ1n) is 4.40. The predicted octanol–water partition coefficient (Wildman–Crippen LogP) is 2.20. The SMILES string of the molecule is O=c1[nH]c(Cl)c(F)c(=O)n1Cc1sccc1Br. The highest BCUT2D eigenvalue weighted by molar-refractivity contribution is 9.10. The third kappa shape index (κ3) is 2.36. The molecular weight excluding hydrogens is 335 g/mol. The zero-order valence-corrected chi connectivity index (χ0v) is 11.3. The zero-order valence-electron chi connectivity index (χ0n) is 8.17. The number of hydrogen-bond donors (Lipinski definition) is 1. The van der Waals surface area contributed by atoms with Gasteiger partial charge in [0.25, 0.3) is 5.56 Å². The Kier molecular flexibility index (Phi) is 3.50. The molecule has 17 heavy (non-hydrogen) atoms. The van der Waals surface area contributed by atoms with Crippen LogP contribution in [0.2, 0.25) is 5.15 Å². The van der Waals surface area contributed by atoms with Crippen LogP contribution in [0.25, 0.3) is 0 Å². The summed E-state index contributed by atoms with van der Waals surface area (Å²) in [5.41, 5.74) is -1.76. The Morgan fingerprint density at radius 1 is 1.53 bits per heavy atom. The van der Waals surface area contributed by atoms with Crippen molar-refractivity contribution < 1.29 is 4.39 Å². The van der Waals surface area contributed by atoms with Gasteiger partial charge in [-0.15, -0.1) is 11.3 Å². The summed E-state index contributed by atoms with van der Waals surface area (Å²) in [6.07, 6.45) is 0. The third-order valence-electron chi connectivity index (χ3n) is 2.08. The van der Waals surface area contributed by atoms with Gasteiger partial charge < -0.3 is 0 Å². The Balaban J connectivity index is 2.55. The average Bonchev–Trinajstić information content (AvgIpc) is 2.67. The smallest absolute Gasteiger partial charge is 0.295 e. The van der Waals surface area contributed by atoms with Crippen LogP contribution >= 0.6 is 38.9 Å². The largest absolute Gasteiger partial charge is 0.329 e. The molecule has 2 aromatic rings. The molecule has 0 aliphatic heterocycles. The normalized spacial score (nSPS) is 10.8. The number of hydrogen-bond acceptors (Lipinski definition) is 3. The van der Waals surface area contributed by atoms with E-state index in [-0.39, 0.29) is 6.54 Å². The van der Waals surface area contributed by atoms with Crippen molar-refractivity contribution in [2.45, 2.75) is 6.54 Å². The summed E-state index contributed by atoms with van der Waals surface area (Å²) in [6, 6.07) is 1.78. The Labute approximate surface area is 112 Å². The van der Waals surface area contributed by atoms with Crippen molar-refractivity contribution >= 4 is 38.9 Å². The summed E-state index contributed by atoms with van der Waals surface area (Å²) < 4.78 is 14.8. The molecule has 0 fully saturated rings. The highest BCUT2D eigenvalue weighted by Gasteiger charge is 2.13. The van der Waals surface area contributed by atoms with E-state index in [1.165, 1.54) is 11.3 Å². The minimum atomic E-state index is -1.15. The van der Waals surface area contributed by atoms with Crippen LogP contribution in [0.15, 0.2) is 25.5 Å². The number of rotatable bonds is 2. The number of thiophene rings is 1. The van der Waals surface area contributed by atoms with Gasteiger partial charge in [0.05, 0.1) is 6.54 Å². The molecule has 2 rings (SSSR count). The van der Waals surface area contributed by atoms with Crippen LogP contribution < -0.4 is 11.2 Å². The van der Waals surface area contributed by atoms with E-state index in [1.54, 1.807) is 11.4 Å². The average molecular weight is 340 g/mol. The van der Waals surface area contributed by atoms with Gasteiger partial charge in [0.1, 0.15) is 0 Å². The molecule has 0 spiro atoms. The van der Waals surface area contributed by atoms with Gasteiger partial charge >= 0.3 is 5.69 Å². The molecule has 8 heteroatoms. The lowest BCUT2D eigenvalue weighted by Gasteiger charge is -2.04. The van der Waals surface area contributed by atoms with Crippen LogP contribution in [0.1, 0.15) is 4.88 Å². The number of H-pyrrole nitrogens is 1. The van der Waals surface area contributed by atoms with Crippen molar-refractivity contribution in [1.82, 2.24) is 9.55 Å². The molecule has 0 saturated carbocycles. The van der Waals surface area contributed by atoms with Gasteiger partial charge in [-0.05, 0) is 27.4 Å². The second-order valence-electron chi connectivity index (χ2n) is 3.14. The van der Waals surface area contributed by atoms with E-state index in [4.69, 9.17) is 11.6 Å². The van der Waals surface area contributed by atoms with Crippen molar-refractivity contribution in [1.29, 1.82) is 0 Å². The molecule has 4 nitrogen and oxygen atoms in total. The molecule has 0 aliphatic rings. The maximum atomic E-state index is 13.3. The molecule has 0 saturated heterocycles. The van der Waals surface area contributed by atoms with E-state index < -0.39 is 22.2 Å². The van der Waals surface area contributed by atoms with Crippen molar-refractivity contribution in [3.8, 4) is 0 Å². The van der Waals surface area contributed by atoms with E-state index >= 15 is 0 Å². The van der Waals surface area contributed by atoms with Crippen molar-refractivity contribution in [3.05, 3.63) is 52.6 Å². The summed E-state index contributed by atoms with van der Waals surface area (Å²) in [5, 5.41) is 1.23. The van der Waals surface area contributed by atoms with Crippen LogP contribution in [0.3, 0.4) is 0 Å². The Morgan fingerprint density at radius 3 is 2.82 bits per heavy atom. The third-order valence-corrected chi connectivity index (χ3v) is 4.25. The van der Waals surface area contributed by atoms with Crippen molar-refractivity contribution in [2.24, 2.45) is 0 Å². The summed E-state index contributed by atoms with van der Waals surface area (Å²) in [4.78, 5) is 25.8. The minimum Gasteiger partial charge on any atom is -0.295 e. The molecule has 1 N–H and O–H groups in total. The number of nitrogens with zero attached hydrogens (tertiary/aromatic N) is 1. The first kappa shape index (κ1) is 12.5. The fraction of sp³-hybridized carbons (Fsp3) is 0.111. The zero-order chi connectivity index (χ0) is 12.6. The monoisotopic (exact) mass is 338 g/mol. The van der Waals surface area contributed by atoms with Gasteiger partial charge in [-0.1, -0.05) is 11.6 Å². The predicted molar refractivity (Wildman–Crippen MR) is 67.4 cm³/mol. The number of aromatic nitrogens is 2. The van der Waals surface area contributed by atoms with Crippen molar-refractivity contribution in [2.75, 3.05) is 0 Å². The lowest BCUT2D eigenvalue weighted by atomic mass is 10.4. The number of nitrogens with one attached hydrogen (secondary N) is 1. The first-order chi connectivity index (χ1) is 8.00. The Bertz CT molecular complexity index is 678. The van der Waals surface area contributed by atoms with Crippen molar-refractivity contribution in [3.63, 3.8) is 0 Å². The van der Waals surface area contributed by atoms with E-state index in [0.717, 1.165) is 13.9 Å². The number of halogens is 3. The van der Waals surface area contributed by atoms with E-state index in [0.29, 0.717) is 0 Å². The fourth-order valence-corrected chi connectivity index (χ4v) is 2.87. The minimum absolute atomic E-state index is 0.000502. The van der Waals surface area contributed by atoms with E-state index in [9.17, 15) is 14.0 Å². The van der Waals surface area contributed by atoms with Crippen LogP contribution in [-0.4, -0.2) is 9.55 Å². The highest BCUT2D eigenvalue weighted by atomic mass is 79.9. The standard InChI is InChI=1S/C9H5BrClFN2O2S/c10-4-1-2-17-5(4)3-14-8(15)6(12)7(11)13-9(14)16/h1-2H,3H2,(H,13,16). The van der Waals surface area contributed by atoms with Gasteiger partial charge in [0.2, 0.25) is 5.82 Å². The fourth-order valence-electron chi connectivity index (χ4n) is 1.25. The second-order valence-corrected chi connectivity index (χ2v) is 5.37. The van der Waals surface area contributed by atoms with Gasteiger partial charge in [-0.25, -0.2) is 4.79 Å². The quantitative estimate of drug-likeness (QED) is 0.853. The molecule has 0 atom stereocenters. The lowest BCUT2D eigenvalue weighted by Crippen LogP contribution is -2.37. The van der Waals surface area contributed by atoms with Gasteiger partial charge in [0, 0.05) is 9.35 Å². The number of aromatic amines is 1. The summed E-state index contributed by atoms with van der Waals surface area (Å²) in [5.74, 6) is -1.15. The van der Waals surface area contributed by atoms with Crippen LogP contribution in [0.4, 0.5) is 4.39 Å². The maximum Gasteiger partial charge on any atom is 0.329 e. The second kappa shape index (κ2) is 4.75. The highest BCUT2D eigenvalue weighted by Crippen LogP contribution is 2.22. The lowest BCUT2D eigenvalue weighted by molar-refractivity contribution is 0.559. The Morgan fingerprint density at radius 2 is 2.24 bits per heavy atom. The topological polar surface area (TPSA) is 54.9 Å². The van der Waals surface area contributed by atoms with Crippen LogP contribution in [0.5, 0.6) is 0 Å². The van der Waals surface area contributed by atoms with Gasteiger partial charge in [-0.3, -0.25) is 14.3 Å². The maximum absolute atomic E-state index is 13.3. The molecule has 90 valence electrons. The van der Waals surface area contributed by atoms with E-state index in [1.807, 2.05) is 0 Å². The molecule has 2 heterocycles. The molecule has 2 aromatic heterocycles. The molecular formula is C9H5BrClFN2O2S. The van der Waals surface area contributed by atoms with Gasteiger partial charge in [0.15, 0.2) is 5.15 Å². The summed E-state index contributed by atoms with van der Waals surface area (Å²) in [7, 11) is 0. The van der Waals surface area contributed by atoms with Gasteiger partial charge in [-0.2, -0.15) is 4.39 Å². The molecule has 0 bridgehead atoms. The molecule has 0 aromatic carbocycles. The van der Waals surface area contributed by atoms with Crippen LogP contribution in [-0.2, 0) is 6.54 Å². The first-order valence-corrected chi connectivity index (χ1v) is 6.45. The molecule has 0 unspecified atom stereocenters. The molecule has 0 radical (unpaired) electrons. The van der Waals surface area contributed by atoms with E-state index in [2.05, 4.69) is 20.9 Å². The van der Waals surface area contributed by atoms with Crippen LogP contribution in [0, 0.1) is 5.82 Å². The molecule has 0 amide bonds. The summed E-state index contributed by atoms with van der Waals surface area (Å²) >= 11 is 9.98. The molecule has 0 aliphatic carbocycles. The summed E-state index contributed by atoms with van der Waals surface area (Å²) in [6.45, 7) is 0.000502.